The number of benzene rings is 2. The van der Waals surface area contributed by atoms with E-state index in [-0.39, 0.29) is 23.5 Å². The minimum Gasteiger partial charge on any atom is -0.492 e. The highest BCUT2D eigenvalue weighted by molar-refractivity contribution is 6.17. The largest absolute Gasteiger partial charge is 0.492 e. The first kappa shape index (κ1) is 20.4. The van der Waals surface area contributed by atoms with Gasteiger partial charge in [0.05, 0.1) is 23.9 Å². The molecule has 2 aliphatic rings. The van der Waals surface area contributed by atoms with E-state index in [2.05, 4.69) is 39.8 Å². The van der Waals surface area contributed by atoms with Gasteiger partial charge in [0.1, 0.15) is 5.60 Å². The summed E-state index contributed by atoms with van der Waals surface area (Å²) in [4.78, 5) is 17.2. The average molecular weight is 400 g/mol. The second-order valence-electron chi connectivity index (χ2n) is 8.58. The number of halogens is 1. The summed E-state index contributed by atoms with van der Waals surface area (Å²) >= 11 is 0. The molecule has 2 aromatic rings. The van der Waals surface area contributed by atoms with Crippen LogP contribution in [0, 0.1) is 0 Å². The molecular weight excluding hydrogens is 374 g/mol. The Morgan fingerprint density at radius 1 is 1.07 bits per heavy atom. The van der Waals surface area contributed by atoms with Crippen LogP contribution in [0.2, 0.25) is 0 Å². The molecular formula is C23H26ClNO3. The van der Waals surface area contributed by atoms with Crippen LogP contribution in [0.4, 0.5) is 0 Å². The van der Waals surface area contributed by atoms with Crippen molar-refractivity contribution in [1.82, 2.24) is 0 Å². The van der Waals surface area contributed by atoms with Crippen molar-refractivity contribution in [2.24, 2.45) is 4.99 Å². The Balaban J connectivity index is 0.00000225. The third-order valence-corrected chi connectivity index (χ3v) is 5.26. The van der Waals surface area contributed by atoms with Crippen LogP contribution in [-0.2, 0) is 12.8 Å². The fourth-order valence-corrected chi connectivity index (χ4v) is 4.27. The normalized spacial score (nSPS) is 18.1. The summed E-state index contributed by atoms with van der Waals surface area (Å²) in [6.07, 6.45) is 2.35. The standard InChI is InChI=1S/C23H25NO3.ClH/c1-22(2)11-15-17(13-25)20(26-5)21-16(12-23(3,4)27-21)18(15)19(24-22)14-9-7-6-8-10-14;/h6-10,13H,11-12H2,1-5H3;1H. The molecule has 0 aliphatic carbocycles. The summed E-state index contributed by atoms with van der Waals surface area (Å²) < 4.78 is 11.9. The first-order valence-electron chi connectivity index (χ1n) is 9.32. The molecule has 4 nitrogen and oxygen atoms in total. The number of carbonyl (C=O) groups excluding carboxylic acids is 1. The van der Waals surface area contributed by atoms with Crippen LogP contribution in [0.3, 0.4) is 0 Å². The number of fused-ring (bicyclic) bond motifs is 3. The number of aliphatic imine (C=N–C) groups is 1. The number of rotatable bonds is 3. The van der Waals surface area contributed by atoms with Crippen LogP contribution in [-0.4, -0.2) is 30.2 Å². The van der Waals surface area contributed by atoms with Crippen molar-refractivity contribution in [2.45, 2.75) is 51.7 Å². The Morgan fingerprint density at radius 2 is 1.75 bits per heavy atom. The smallest absolute Gasteiger partial charge is 0.171 e. The molecule has 0 N–H and O–H groups in total. The Labute approximate surface area is 172 Å². The topological polar surface area (TPSA) is 47.9 Å². The molecule has 0 radical (unpaired) electrons. The highest BCUT2D eigenvalue weighted by Gasteiger charge is 2.41. The summed E-state index contributed by atoms with van der Waals surface area (Å²) in [5.41, 5.74) is 5.08. The Hall–Kier alpha value is -2.33. The molecule has 0 bridgehead atoms. The Kier molecular flexibility index (Phi) is 5.05. The third-order valence-electron chi connectivity index (χ3n) is 5.26. The zero-order chi connectivity index (χ0) is 19.4. The number of ether oxygens (including phenoxy) is 2. The lowest BCUT2D eigenvalue weighted by molar-refractivity contribution is 0.111. The van der Waals surface area contributed by atoms with Crippen LogP contribution in [0.5, 0.6) is 11.5 Å². The van der Waals surface area contributed by atoms with E-state index in [0.717, 1.165) is 40.7 Å². The van der Waals surface area contributed by atoms with Gasteiger partial charge in [-0.3, -0.25) is 9.79 Å². The average Bonchev–Trinajstić information content (AvgIpc) is 2.94. The number of carbonyl (C=O) groups is 1. The van der Waals surface area contributed by atoms with Gasteiger partial charge in [0, 0.05) is 23.1 Å². The molecule has 0 unspecified atom stereocenters. The molecule has 0 saturated carbocycles. The van der Waals surface area contributed by atoms with Gasteiger partial charge in [0.15, 0.2) is 17.8 Å². The Bertz CT molecular complexity index is 962. The maximum Gasteiger partial charge on any atom is 0.171 e. The first-order valence-corrected chi connectivity index (χ1v) is 9.32. The summed E-state index contributed by atoms with van der Waals surface area (Å²) in [6.45, 7) is 8.33. The van der Waals surface area contributed by atoms with Gasteiger partial charge in [-0.25, -0.2) is 0 Å². The van der Waals surface area contributed by atoms with E-state index in [1.54, 1.807) is 7.11 Å². The molecule has 148 valence electrons. The molecule has 0 aromatic heterocycles. The Morgan fingerprint density at radius 3 is 2.36 bits per heavy atom. The van der Waals surface area contributed by atoms with Gasteiger partial charge < -0.3 is 9.47 Å². The van der Waals surface area contributed by atoms with E-state index in [1.165, 1.54) is 0 Å². The monoisotopic (exact) mass is 399 g/mol. The van der Waals surface area contributed by atoms with Gasteiger partial charge in [0.2, 0.25) is 0 Å². The lowest BCUT2D eigenvalue weighted by Gasteiger charge is -2.32. The summed E-state index contributed by atoms with van der Waals surface area (Å²) in [5.74, 6) is 1.24. The number of hydrogen-bond donors (Lipinski definition) is 0. The minimum absolute atomic E-state index is 0. The van der Waals surface area contributed by atoms with E-state index >= 15 is 0 Å². The van der Waals surface area contributed by atoms with Crippen LogP contribution in [0.15, 0.2) is 35.3 Å². The van der Waals surface area contributed by atoms with Gasteiger partial charge in [-0.1, -0.05) is 30.3 Å². The summed E-state index contributed by atoms with van der Waals surface area (Å²) in [6, 6.07) is 10.2. The molecule has 2 heterocycles. The molecule has 0 amide bonds. The highest BCUT2D eigenvalue weighted by atomic mass is 35.5. The van der Waals surface area contributed by atoms with Crippen LogP contribution in [0.25, 0.3) is 0 Å². The van der Waals surface area contributed by atoms with E-state index in [4.69, 9.17) is 14.5 Å². The van der Waals surface area contributed by atoms with Crippen LogP contribution >= 0.6 is 12.4 Å². The molecule has 0 fully saturated rings. The summed E-state index contributed by atoms with van der Waals surface area (Å²) in [7, 11) is 1.60. The van der Waals surface area contributed by atoms with Gasteiger partial charge >= 0.3 is 0 Å². The number of nitrogens with zero attached hydrogens (tertiary/aromatic N) is 1. The van der Waals surface area contributed by atoms with E-state index in [9.17, 15) is 4.79 Å². The lowest BCUT2D eigenvalue weighted by atomic mass is 9.79. The van der Waals surface area contributed by atoms with Gasteiger partial charge in [-0.05, 0) is 39.7 Å². The van der Waals surface area contributed by atoms with E-state index in [0.29, 0.717) is 23.5 Å². The van der Waals surface area contributed by atoms with Crippen LogP contribution in [0.1, 0.15) is 60.3 Å². The van der Waals surface area contributed by atoms with Crippen molar-refractivity contribution in [3.05, 3.63) is 58.1 Å². The van der Waals surface area contributed by atoms with E-state index < -0.39 is 0 Å². The maximum atomic E-state index is 12.1. The quantitative estimate of drug-likeness (QED) is 0.695. The molecule has 2 aliphatic heterocycles. The number of hydrogen-bond acceptors (Lipinski definition) is 4. The fourth-order valence-electron chi connectivity index (χ4n) is 4.27. The maximum absolute atomic E-state index is 12.1. The molecule has 2 aromatic carbocycles. The highest BCUT2D eigenvalue weighted by Crippen LogP contribution is 2.49. The molecule has 5 heteroatoms. The van der Waals surface area contributed by atoms with Crippen molar-refractivity contribution in [3.8, 4) is 11.5 Å². The van der Waals surface area contributed by atoms with Crippen molar-refractivity contribution in [2.75, 3.05) is 7.11 Å². The van der Waals surface area contributed by atoms with Crippen molar-refractivity contribution in [1.29, 1.82) is 0 Å². The zero-order valence-electron chi connectivity index (χ0n) is 17.0. The molecule has 0 spiro atoms. The summed E-state index contributed by atoms with van der Waals surface area (Å²) in [5, 5.41) is 0. The lowest BCUT2D eigenvalue weighted by Crippen LogP contribution is -2.31. The number of aldehydes is 1. The SMILES string of the molecule is COc1c(C=O)c2c(c3c1OC(C)(C)C3)C(c1ccccc1)=NC(C)(C)C2.Cl. The molecule has 0 atom stereocenters. The van der Waals surface area contributed by atoms with Crippen molar-refractivity contribution < 1.29 is 14.3 Å². The fraction of sp³-hybridized carbons (Fsp3) is 0.391. The predicted octanol–water partition coefficient (Wildman–Crippen LogP) is 4.82. The van der Waals surface area contributed by atoms with Crippen LogP contribution < -0.4 is 9.47 Å². The third kappa shape index (κ3) is 3.20. The predicted molar refractivity (Wildman–Crippen MR) is 114 cm³/mol. The van der Waals surface area contributed by atoms with Gasteiger partial charge in [-0.2, -0.15) is 0 Å². The minimum atomic E-state index is -0.348. The van der Waals surface area contributed by atoms with Gasteiger partial charge in [0.25, 0.3) is 0 Å². The van der Waals surface area contributed by atoms with Gasteiger partial charge in [-0.15, -0.1) is 12.4 Å². The molecule has 4 rings (SSSR count). The zero-order valence-corrected chi connectivity index (χ0v) is 17.8. The molecule has 0 saturated heterocycles. The molecule has 28 heavy (non-hydrogen) atoms. The van der Waals surface area contributed by atoms with Crippen molar-refractivity contribution in [3.63, 3.8) is 0 Å². The number of methoxy groups -OCH3 is 1. The second kappa shape index (κ2) is 6.93. The van der Waals surface area contributed by atoms with E-state index in [1.807, 2.05) is 18.2 Å². The second-order valence-corrected chi connectivity index (χ2v) is 8.58. The van der Waals surface area contributed by atoms with Crippen molar-refractivity contribution >= 4 is 24.4 Å². The first-order chi connectivity index (χ1) is 12.8.